The summed E-state index contributed by atoms with van der Waals surface area (Å²) in [7, 11) is 0. The molecule has 0 amide bonds. The first-order valence-electron chi connectivity index (χ1n) is 4.56. The number of pyridine rings is 1. The highest BCUT2D eigenvalue weighted by atomic mass is 16.3. The van der Waals surface area contributed by atoms with Gasteiger partial charge in [0.25, 0.3) is 0 Å². The number of rotatable bonds is 5. The van der Waals surface area contributed by atoms with Crippen LogP contribution in [0.1, 0.15) is 13.3 Å². The fourth-order valence-electron chi connectivity index (χ4n) is 1.15. The van der Waals surface area contributed by atoms with E-state index in [2.05, 4.69) is 15.7 Å². The van der Waals surface area contributed by atoms with Gasteiger partial charge in [-0.05, 0) is 19.4 Å². The Morgan fingerprint density at radius 2 is 2.43 bits per heavy atom. The van der Waals surface area contributed by atoms with Crippen LogP contribution in [0.4, 0.5) is 11.5 Å². The Morgan fingerprint density at radius 3 is 3.07 bits per heavy atom. The molecule has 1 heterocycles. The van der Waals surface area contributed by atoms with Crippen molar-refractivity contribution in [2.24, 2.45) is 5.84 Å². The van der Waals surface area contributed by atoms with E-state index < -0.39 is 0 Å². The third-order valence-electron chi connectivity index (χ3n) is 1.88. The molecule has 1 rings (SSSR count). The highest BCUT2D eigenvalue weighted by Gasteiger charge is 2.01. The van der Waals surface area contributed by atoms with E-state index in [-0.39, 0.29) is 12.6 Å². The molecule has 5 N–H and O–H groups in total. The summed E-state index contributed by atoms with van der Waals surface area (Å²) in [5, 5.41) is 12.0. The SMILES string of the molecule is CC(CCO)Nc1ccnc(NN)c1. The molecule has 5 heteroatoms. The van der Waals surface area contributed by atoms with Crippen LogP contribution in [0.2, 0.25) is 0 Å². The maximum Gasteiger partial charge on any atom is 0.141 e. The second-order valence-corrected chi connectivity index (χ2v) is 3.13. The number of hydrogen-bond donors (Lipinski definition) is 4. The first-order chi connectivity index (χ1) is 6.76. The summed E-state index contributed by atoms with van der Waals surface area (Å²) in [5.41, 5.74) is 3.41. The first-order valence-corrected chi connectivity index (χ1v) is 4.56. The number of nitrogen functional groups attached to an aromatic ring is 1. The van der Waals surface area contributed by atoms with Gasteiger partial charge < -0.3 is 15.8 Å². The smallest absolute Gasteiger partial charge is 0.141 e. The molecule has 0 saturated heterocycles. The monoisotopic (exact) mass is 196 g/mol. The number of nitrogens with one attached hydrogen (secondary N) is 2. The Labute approximate surface area is 83.3 Å². The summed E-state index contributed by atoms with van der Waals surface area (Å²) in [6.45, 7) is 2.19. The summed E-state index contributed by atoms with van der Waals surface area (Å²) in [6, 6.07) is 3.90. The second-order valence-electron chi connectivity index (χ2n) is 3.13. The second kappa shape index (κ2) is 5.41. The Morgan fingerprint density at radius 1 is 1.64 bits per heavy atom. The molecule has 0 aliphatic rings. The van der Waals surface area contributed by atoms with Crippen LogP contribution in [-0.4, -0.2) is 22.7 Å². The van der Waals surface area contributed by atoms with E-state index in [1.54, 1.807) is 6.20 Å². The normalized spacial score (nSPS) is 12.2. The van der Waals surface area contributed by atoms with Crippen molar-refractivity contribution in [1.29, 1.82) is 0 Å². The van der Waals surface area contributed by atoms with Crippen molar-refractivity contribution in [2.45, 2.75) is 19.4 Å². The van der Waals surface area contributed by atoms with Crippen LogP contribution in [0, 0.1) is 0 Å². The Bertz CT molecular complexity index is 279. The van der Waals surface area contributed by atoms with E-state index in [0.29, 0.717) is 12.2 Å². The number of aromatic nitrogens is 1. The van der Waals surface area contributed by atoms with Crippen LogP contribution in [0.15, 0.2) is 18.3 Å². The van der Waals surface area contributed by atoms with Crippen LogP contribution in [-0.2, 0) is 0 Å². The first kappa shape index (κ1) is 10.7. The molecule has 0 aliphatic carbocycles. The minimum absolute atomic E-state index is 0.182. The molecule has 78 valence electrons. The van der Waals surface area contributed by atoms with Crippen LogP contribution in [0.25, 0.3) is 0 Å². The van der Waals surface area contributed by atoms with Crippen molar-refractivity contribution in [1.82, 2.24) is 4.98 Å². The van der Waals surface area contributed by atoms with Gasteiger partial charge in [0.05, 0.1) is 0 Å². The minimum atomic E-state index is 0.182. The lowest BCUT2D eigenvalue weighted by molar-refractivity contribution is 0.282. The largest absolute Gasteiger partial charge is 0.396 e. The fraction of sp³-hybridized carbons (Fsp3) is 0.444. The van der Waals surface area contributed by atoms with E-state index in [1.165, 1.54) is 0 Å². The molecule has 14 heavy (non-hydrogen) atoms. The number of nitrogens with two attached hydrogens (primary N) is 1. The number of hydrogen-bond acceptors (Lipinski definition) is 5. The van der Waals surface area contributed by atoms with Gasteiger partial charge in [-0.1, -0.05) is 0 Å². The maximum absolute atomic E-state index is 8.73. The molecule has 0 saturated carbocycles. The van der Waals surface area contributed by atoms with Crippen LogP contribution in [0.3, 0.4) is 0 Å². The van der Waals surface area contributed by atoms with Crippen molar-refractivity contribution < 1.29 is 5.11 Å². The van der Waals surface area contributed by atoms with E-state index >= 15 is 0 Å². The summed E-state index contributed by atoms with van der Waals surface area (Å²) in [6.07, 6.45) is 2.39. The number of anilines is 2. The highest BCUT2D eigenvalue weighted by molar-refractivity contribution is 5.51. The van der Waals surface area contributed by atoms with Crippen molar-refractivity contribution in [2.75, 3.05) is 17.3 Å². The van der Waals surface area contributed by atoms with Crippen LogP contribution in [0.5, 0.6) is 0 Å². The fourth-order valence-corrected chi connectivity index (χ4v) is 1.15. The average molecular weight is 196 g/mol. The Hall–Kier alpha value is -1.33. The third-order valence-corrected chi connectivity index (χ3v) is 1.88. The van der Waals surface area contributed by atoms with Crippen LogP contribution < -0.4 is 16.6 Å². The predicted molar refractivity (Wildman–Crippen MR) is 56.8 cm³/mol. The quantitative estimate of drug-likeness (QED) is 0.408. The van der Waals surface area contributed by atoms with Gasteiger partial charge in [0.15, 0.2) is 0 Å². The topological polar surface area (TPSA) is 83.2 Å². The molecular formula is C9H16N4O. The number of aliphatic hydroxyl groups excluding tert-OH is 1. The lowest BCUT2D eigenvalue weighted by Gasteiger charge is -2.14. The summed E-state index contributed by atoms with van der Waals surface area (Å²) >= 11 is 0. The lowest BCUT2D eigenvalue weighted by Crippen LogP contribution is -2.17. The van der Waals surface area contributed by atoms with E-state index in [0.717, 1.165) is 5.69 Å². The van der Waals surface area contributed by atoms with Gasteiger partial charge in [-0.3, -0.25) is 0 Å². The van der Waals surface area contributed by atoms with Gasteiger partial charge in [-0.2, -0.15) is 0 Å². The van der Waals surface area contributed by atoms with Gasteiger partial charge in [0.1, 0.15) is 5.82 Å². The third kappa shape index (κ3) is 3.20. The number of aliphatic hydroxyl groups is 1. The molecule has 0 radical (unpaired) electrons. The van der Waals surface area contributed by atoms with E-state index in [4.69, 9.17) is 10.9 Å². The van der Waals surface area contributed by atoms with Gasteiger partial charge in [0, 0.05) is 30.6 Å². The highest BCUT2D eigenvalue weighted by Crippen LogP contribution is 2.12. The van der Waals surface area contributed by atoms with Gasteiger partial charge in [-0.15, -0.1) is 0 Å². The van der Waals surface area contributed by atoms with Crippen molar-refractivity contribution in [3.05, 3.63) is 18.3 Å². The van der Waals surface area contributed by atoms with Crippen molar-refractivity contribution in [3.8, 4) is 0 Å². The molecule has 0 fully saturated rings. The predicted octanol–water partition coefficient (Wildman–Crippen LogP) is 0.550. The maximum atomic E-state index is 8.73. The van der Waals surface area contributed by atoms with Gasteiger partial charge in [-0.25, -0.2) is 10.8 Å². The lowest BCUT2D eigenvalue weighted by atomic mass is 10.2. The molecule has 0 spiro atoms. The molecule has 0 bridgehead atoms. The Balaban J connectivity index is 2.57. The van der Waals surface area contributed by atoms with Crippen molar-refractivity contribution >= 4 is 11.5 Å². The number of nitrogens with zero attached hydrogens (tertiary/aromatic N) is 1. The molecular weight excluding hydrogens is 180 g/mol. The zero-order valence-corrected chi connectivity index (χ0v) is 8.20. The standard InChI is InChI=1S/C9H16N4O/c1-7(3-5-14)12-8-2-4-11-9(6-8)13-10/h2,4,6-7,14H,3,5,10H2,1H3,(H2,11,12,13). The summed E-state index contributed by atoms with van der Waals surface area (Å²) < 4.78 is 0. The molecule has 0 aliphatic heterocycles. The Kier molecular flexibility index (Phi) is 4.15. The van der Waals surface area contributed by atoms with Crippen LogP contribution >= 0.6 is 0 Å². The summed E-state index contributed by atoms with van der Waals surface area (Å²) in [4.78, 5) is 3.99. The average Bonchev–Trinajstić information content (AvgIpc) is 2.18. The molecule has 0 aromatic carbocycles. The zero-order chi connectivity index (χ0) is 10.4. The molecule has 1 unspecified atom stereocenters. The molecule has 1 atom stereocenters. The van der Waals surface area contributed by atoms with Gasteiger partial charge in [0.2, 0.25) is 0 Å². The van der Waals surface area contributed by atoms with Gasteiger partial charge >= 0.3 is 0 Å². The van der Waals surface area contributed by atoms with E-state index in [9.17, 15) is 0 Å². The number of hydrazine groups is 1. The molecule has 5 nitrogen and oxygen atoms in total. The molecule has 1 aromatic rings. The molecule has 1 aromatic heterocycles. The van der Waals surface area contributed by atoms with E-state index in [1.807, 2.05) is 19.1 Å². The van der Waals surface area contributed by atoms with Crippen molar-refractivity contribution in [3.63, 3.8) is 0 Å². The zero-order valence-electron chi connectivity index (χ0n) is 8.20. The summed E-state index contributed by atoms with van der Waals surface area (Å²) in [5.74, 6) is 5.84. The minimum Gasteiger partial charge on any atom is -0.396 e.